The Morgan fingerprint density at radius 3 is 2.56 bits per heavy atom. The van der Waals surface area contributed by atoms with Crippen molar-refractivity contribution in [2.45, 2.75) is 124 Å². The number of hydrogen-bond acceptors (Lipinski definition) is 12. The molecule has 2 saturated carbocycles. The van der Waals surface area contributed by atoms with E-state index in [0.717, 1.165) is 62.5 Å². The molecule has 3 N–H and O–H groups in total. The second kappa shape index (κ2) is 17.5. The van der Waals surface area contributed by atoms with Gasteiger partial charge in [-0.25, -0.2) is 18.1 Å². The Balaban J connectivity index is 0.855. The zero-order chi connectivity index (χ0) is 46.0. The summed E-state index contributed by atoms with van der Waals surface area (Å²) in [6, 6.07) is 21.1. The number of thioether (sulfide) groups is 1. The number of H-pyrrole nitrogens is 1. The maximum absolute atomic E-state index is 14.1. The molecule has 5 aromatic rings. The molecule has 66 heavy (non-hydrogen) atoms. The first-order valence-electron chi connectivity index (χ1n) is 23.4. The Hall–Kier alpha value is -5.16. The summed E-state index contributed by atoms with van der Waals surface area (Å²) < 4.78 is 42.5. The topological polar surface area (TPSA) is 180 Å². The third kappa shape index (κ3) is 8.77. The number of aliphatic hydroxyl groups is 1. The standard InChI is InChI=1S/C50H58N6O8S2/c1-31(2)38-7-4-5-8-39(38)41-9-6-20-55(41)35-27-50(28-35)17-21-54(22-18-50)34-10-11-40(43(24-34)64-36-23-33-14-19-51-47(33)52-29-36)48(57)53-66(61,62)37-25-42(56(59)60)46-44(26-37)63-30-45(65-46)32-12-15-49(3,58)16-13-32/h4-5,7-8,10-11,14,19,23-26,29,31-32,35,41,45,58H,6,9,12-13,15-18,20-22,27-28,30H2,1-3H3,(H,51,52)(H,53,57)/t32-,41-,45+,49-/m0/s1. The van der Waals surface area contributed by atoms with Crippen LogP contribution in [0, 0.1) is 21.4 Å². The third-order valence-electron chi connectivity index (χ3n) is 15.1. The van der Waals surface area contributed by atoms with Crippen LogP contribution in [0.25, 0.3) is 11.0 Å². The molecular formula is C50H58N6O8S2. The minimum Gasteiger partial charge on any atom is -0.491 e. The highest BCUT2D eigenvalue weighted by molar-refractivity contribution is 8.00. The molecule has 348 valence electrons. The summed E-state index contributed by atoms with van der Waals surface area (Å²) in [6.45, 7) is 9.45. The number of aromatic nitrogens is 2. The number of nitrogens with zero attached hydrogens (tertiary/aromatic N) is 4. The maximum Gasteiger partial charge on any atom is 0.288 e. The normalized spacial score (nSPS) is 24.5. The molecule has 14 nitrogen and oxygen atoms in total. The van der Waals surface area contributed by atoms with Crippen molar-refractivity contribution in [3.05, 3.63) is 106 Å². The van der Waals surface area contributed by atoms with Crippen LogP contribution in [0.4, 0.5) is 11.4 Å². The van der Waals surface area contributed by atoms with Gasteiger partial charge < -0.3 is 24.5 Å². The fraction of sp³-hybridized carbons (Fsp3) is 0.480. The fourth-order valence-electron chi connectivity index (χ4n) is 11.3. The summed E-state index contributed by atoms with van der Waals surface area (Å²) in [5, 5.41) is 23.6. The smallest absolute Gasteiger partial charge is 0.288 e. The van der Waals surface area contributed by atoms with Crippen LogP contribution in [0.15, 0.2) is 88.9 Å². The molecule has 5 heterocycles. The number of aromatic amines is 1. The number of ether oxygens (including phenoxy) is 2. The molecule has 1 spiro atoms. The number of amides is 1. The molecule has 0 unspecified atom stereocenters. The SMILES string of the molecule is CC(C)c1ccccc1[C@@H]1CCCN1C1CC2(CCN(c3ccc(C(=O)NS(=O)(=O)c4cc5c(c([N+](=O)[O-])c4)S[C@@H]([C@H]4CC[C@](C)(O)CC4)CO5)c(Oc4cnc5[nH]ccc5c4)c3)CC2)C1. The Kier molecular flexibility index (Phi) is 11.8. The van der Waals surface area contributed by atoms with Crippen LogP contribution < -0.4 is 19.1 Å². The van der Waals surface area contributed by atoms with E-state index in [2.05, 4.69) is 62.6 Å². The number of carbonyl (C=O) groups excluding carboxylic acids is 1. The zero-order valence-electron chi connectivity index (χ0n) is 37.7. The molecule has 0 radical (unpaired) electrons. The van der Waals surface area contributed by atoms with Crippen LogP contribution in [0.3, 0.4) is 0 Å². The third-order valence-corrected chi connectivity index (χ3v) is 17.9. The van der Waals surface area contributed by atoms with Crippen LogP contribution >= 0.6 is 11.8 Å². The number of rotatable bonds is 11. The van der Waals surface area contributed by atoms with Crippen molar-refractivity contribution in [3.63, 3.8) is 0 Å². The van der Waals surface area contributed by atoms with E-state index in [1.165, 1.54) is 54.6 Å². The fourth-order valence-corrected chi connectivity index (χ4v) is 13.7. The maximum atomic E-state index is 14.1. The number of likely N-dealkylation sites (tertiary alicyclic amines) is 1. The van der Waals surface area contributed by atoms with Gasteiger partial charge in [0, 0.05) is 65.9 Å². The highest BCUT2D eigenvalue weighted by Crippen LogP contribution is 2.55. The number of nitrogens with one attached hydrogen (secondary N) is 2. The molecule has 2 aliphatic carbocycles. The lowest BCUT2D eigenvalue weighted by molar-refractivity contribution is -0.388. The lowest BCUT2D eigenvalue weighted by Crippen LogP contribution is -2.54. The average Bonchev–Trinajstić information content (AvgIpc) is 3.98. The predicted molar refractivity (Wildman–Crippen MR) is 254 cm³/mol. The van der Waals surface area contributed by atoms with Gasteiger partial charge in [-0.1, -0.05) is 38.1 Å². The van der Waals surface area contributed by atoms with Gasteiger partial charge in [0.15, 0.2) is 0 Å². The van der Waals surface area contributed by atoms with Crippen LogP contribution in [0.2, 0.25) is 0 Å². The Bertz CT molecular complexity index is 2770. The number of fused-ring (bicyclic) bond motifs is 2. The van der Waals surface area contributed by atoms with E-state index in [-0.39, 0.29) is 39.7 Å². The monoisotopic (exact) mass is 934 g/mol. The molecule has 16 heteroatoms. The van der Waals surface area contributed by atoms with Gasteiger partial charge in [-0.15, -0.1) is 11.8 Å². The number of nitro benzene ring substituents is 1. The molecule has 2 saturated heterocycles. The van der Waals surface area contributed by atoms with Gasteiger partial charge in [-0.05, 0) is 130 Å². The number of piperidine rings is 1. The zero-order valence-corrected chi connectivity index (χ0v) is 39.3. The van der Waals surface area contributed by atoms with Gasteiger partial charge in [-0.2, -0.15) is 0 Å². The van der Waals surface area contributed by atoms with E-state index in [4.69, 9.17) is 9.47 Å². The summed E-state index contributed by atoms with van der Waals surface area (Å²) in [7, 11) is -4.64. The van der Waals surface area contributed by atoms with Gasteiger partial charge in [0.05, 0.1) is 27.2 Å². The molecule has 2 atom stereocenters. The van der Waals surface area contributed by atoms with E-state index in [1.807, 2.05) is 19.1 Å². The van der Waals surface area contributed by atoms with Crippen molar-refractivity contribution >= 4 is 50.1 Å². The predicted octanol–water partition coefficient (Wildman–Crippen LogP) is 9.89. The summed E-state index contributed by atoms with van der Waals surface area (Å²) in [5.74, 6) is 0.311. The first-order valence-corrected chi connectivity index (χ1v) is 25.8. The molecule has 0 bridgehead atoms. The molecular weight excluding hydrogens is 877 g/mol. The second-order valence-corrected chi connectivity index (χ2v) is 22.8. The summed E-state index contributed by atoms with van der Waals surface area (Å²) in [4.78, 5) is 38.3. The molecule has 10 rings (SSSR count). The highest BCUT2D eigenvalue weighted by atomic mass is 32.2. The number of sulfonamides is 1. The largest absolute Gasteiger partial charge is 0.491 e. The number of nitro groups is 1. The van der Waals surface area contributed by atoms with Gasteiger partial charge >= 0.3 is 0 Å². The number of carbonyl (C=O) groups is 1. The average molecular weight is 935 g/mol. The molecule has 1 amide bonds. The number of hydrogen-bond donors (Lipinski definition) is 3. The van der Waals surface area contributed by atoms with Crippen molar-refractivity contribution in [2.24, 2.45) is 11.3 Å². The van der Waals surface area contributed by atoms with E-state index < -0.39 is 37.0 Å². The van der Waals surface area contributed by atoms with Gasteiger partial charge in [-0.3, -0.25) is 19.8 Å². The number of benzene rings is 3. The van der Waals surface area contributed by atoms with Crippen LogP contribution in [0.5, 0.6) is 17.2 Å². The van der Waals surface area contributed by atoms with E-state index in [0.29, 0.717) is 47.7 Å². The van der Waals surface area contributed by atoms with E-state index in [1.54, 1.807) is 30.6 Å². The Morgan fingerprint density at radius 1 is 1.03 bits per heavy atom. The van der Waals surface area contributed by atoms with Crippen LogP contribution in [-0.2, 0) is 10.0 Å². The van der Waals surface area contributed by atoms with E-state index >= 15 is 0 Å². The first kappa shape index (κ1) is 44.7. The first-order chi connectivity index (χ1) is 31.6. The quantitative estimate of drug-likeness (QED) is 0.0844. The molecule has 2 aromatic heterocycles. The molecule has 3 aromatic carbocycles. The Labute approximate surface area is 390 Å². The minimum atomic E-state index is -4.64. The van der Waals surface area contributed by atoms with Crippen LogP contribution in [-0.4, -0.2) is 82.4 Å². The molecule has 4 fully saturated rings. The van der Waals surface area contributed by atoms with Crippen molar-refractivity contribution in [2.75, 3.05) is 31.1 Å². The number of anilines is 1. The Morgan fingerprint density at radius 2 is 1.80 bits per heavy atom. The van der Waals surface area contributed by atoms with Gasteiger partial charge in [0.1, 0.15) is 34.4 Å². The van der Waals surface area contributed by atoms with Crippen molar-refractivity contribution in [1.82, 2.24) is 19.6 Å². The summed E-state index contributed by atoms with van der Waals surface area (Å²) in [5.41, 5.74) is 3.61. The highest BCUT2D eigenvalue weighted by Gasteiger charge is 2.50. The summed E-state index contributed by atoms with van der Waals surface area (Å²) >= 11 is 1.32. The molecule has 5 aliphatic rings. The van der Waals surface area contributed by atoms with Crippen molar-refractivity contribution < 1.29 is 32.7 Å². The van der Waals surface area contributed by atoms with Gasteiger partial charge in [0.2, 0.25) is 0 Å². The number of pyridine rings is 1. The van der Waals surface area contributed by atoms with Crippen molar-refractivity contribution in [1.29, 1.82) is 0 Å². The lowest BCUT2D eigenvalue weighted by atomic mass is 9.59. The minimum absolute atomic E-state index is 0.0282. The lowest BCUT2D eigenvalue weighted by Gasteiger charge is -2.56. The second-order valence-electron chi connectivity index (χ2n) is 19.9. The summed E-state index contributed by atoms with van der Waals surface area (Å²) in [6.07, 6.45) is 13.0. The van der Waals surface area contributed by atoms with Crippen molar-refractivity contribution in [3.8, 4) is 17.2 Å². The van der Waals surface area contributed by atoms with Crippen LogP contribution in [0.1, 0.15) is 118 Å². The molecule has 3 aliphatic heterocycles. The van der Waals surface area contributed by atoms with Gasteiger partial charge in [0.25, 0.3) is 21.6 Å². The van der Waals surface area contributed by atoms with E-state index in [9.17, 15) is 28.4 Å².